The van der Waals surface area contributed by atoms with Gasteiger partial charge in [-0.1, -0.05) is 12.1 Å². The summed E-state index contributed by atoms with van der Waals surface area (Å²) in [5, 5.41) is 3.25. The first-order valence-corrected chi connectivity index (χ1v) is 6.43. The molecule has 0 amide bonds. The molecule has 1 N–H and O–H groups in total. The van der Waals surface area contributed by atoms with Gasteiger partial charge in [0.05, 0.1) is 0 Å². The first-order valence-electron chi connectivity index (χ1n) is 5.61. The van der Waals surface area contributed by atoms with Crippen molar-refractivity contribution in [2.75, 3.05) is 13.1 Å². The van der Waals surface area contributed by atoms with Gasteiger partial charge in [-0.3, -0.25) is 0 Å². The number of rotatable bonds is 2. The standard InChI is InChI=1S/C12H14F3NS/c13-12(14,15)17-11-3-1-2-10(8-11)9-4-6-16-7-5-9/h1-3,8-9,16H,4-7H2. The molecule has 1 nitrogen and oxygen atoms in total. The average Bonchev–Trinajstić information content (AvgIpc) is 2.28. The molecule has 0 radical (unpaired) electrons. The maximum atomic E-state index is 12.3. The van der Waals surface area contributed by atoms with Crippen LogP contribution in [0.1, 0.15) is 24.3 Å². The predicted molar refractivity (Wildman–Crippen MR) is 63.2 cm³/mol. The number of halogens is 3. The van der Waals surface area contributed by atoms with E-state index in [1.165, 1.54) is 6.07 Å². The van der Waals surface area contributed by atoms with E-state index in [1.54, 1.807) is 12.1 Å². The molecule has 0 bridgehead atoms. The Kier molecular flexibility index (Phi) is 3.99. The smallest absolute Gasteiger partial charge is 0.317 e. The predicted octanol–water partition coefficient (Wildman–Crippen LogP) is 3.77. The van der Waals surface area contributed by atoms with Crippen molar-refractivity contribution in [3.63, 3.8) is 0 Å². The molecule has 2 rings (SSSR count). The number of alkyl halides is 3. The summed E-state index contributed by atoms with van der Waals surface area (Å²) in [5.74, 6) is 0.394. The third-order valence-electron chi connectivity index (χ3n) is 2.90. The number of thioether (sulfide) groups is 1. The highest BCUT2D eigenvalue weighted by Crippen LogP contribution is 2.38. The molecule has 0 unspecified atom stereocenters. The van der Waals surface area contributed by atoms with Gasteiger partial charge in [0.25, 0.3) is 0 Å². The Morgan fingerprint density at radius 3 is 2.53 bits per heavy atom. The topological polar surface area (TPSA) is 12.0 Å². The Morgan fingerprint density at radius 2 is 1.88 bits per heavy atom. The van der Waals surface area contributed by atoms with Crippen molar-refractivity contribution in [2.45, 2.75) is 29.2 Å². The number of hydrogen-bond acceptors (Lipinski definition) is 2. The quantitative estimate of drug-likeness (QED) is 0.813. The number of benzene rings is 1. The Balaban J connectivity index is 2.10. The summed E-state index contributed by atoms with van der Waals surface area (Å²) in [6.45, 7) is 1.89. The highest BCUT2D eigenvalue weighted by atomic mass is 32.2. The van der Waals surface area contributed by atoms with Crippen molar-refractivity contribution < 1.29 is 13.2 Å². The Bertz CT molecular complexity index is 372. The minimum atomic E-state index is -4.20. The minimum absolute atomic E-state index is 0.0367. The van der Waals surface area contributed by atoms with E-state index in [0.29, 0.717) is 5.92 Å². The van der Waals surface area contributed by atoms with E-state index in [9.17, 15) is 13.2 Å². The zero-order valence-electron chi connectivity index (χ0n) is 9.26. The molecule has 5 heteroatoms. The first kappa shape index (κ1) is 12.8. The van der Waals surface area contributed by atoms with Crippen LogP contribution in [0.25, 0.3) is 0 Å². The van der Waals surface area contributed by atoms with Crippen LogP contribution in [0.2, 0.25) is 0 Å². The van der Waals surface area contributed by atoms with Gasteiger partial charge >= 0.3 is 5.51 Å². The van der Waals surface area contributed by atoms with Gasteiger partial charge in [0.2, 0.25) is 0 Å². The van der Waals surface area contributed by atoms with E-state index in [-0.39, 0.29) is 16.7 Å². The Hall–Kier alpha value is -0.680. The van der Waals surface area contributed by atoms with Crippen LogP contribution in [0.3, 0.4) is 0 Å². The second-order valence-corrected chi connectivity index (χ2v) is 5.28. The van der Waals surface area contributed by atoms with E-state index in [1.807, 2.05) is 6.07 Å². The van der Waals surface area contributed by atoms with Crippen LogP contribution in [-0.4, -0.2) is 18.6 Å². The summed E-state index contributed by atoms with van der Waals surface area (Å²) in [6.07, 6.45) is 2.00. The third kappa shape index (κ3) is 3.92. The van der Waals surface area contributed by atoms with Crippen LogP contribution in [-0.2, 0) is 0 Å². The van der Waals surface area contributed by atoms with Crippen molar-refractivity contribution in [2.24, 2.45) is 0 Å². The normalized spacial score (nSPS) is 18.3. The van der Waals surface area contributed by atoms with Crippen LogP contribution in [0.5, 0.6) is 0 Å². The molecule has 0 spiro atoms. The SMILES string of the molecule is FC(F)(F)Sc1cccc(C2CCNCC2)c1. The fourth-order valence-corrected chi connectivity index (χ4v) is 2.73. The van der Waals surface area contributed by atoms with Crippen molar-refractivity contribution in [3.8, 4) is 0 Å². The molecule has 0 aliphatic carbocycles. The van der Waals surface area contributed by atoms with Gasteiger partial charge < -0.3 is 5.32 Å². The monoisotopic (exact) mass is 261 g/mol. The van der Waals surface area contributed by atoms with Crippen LogP contribution < -0.4 is 5.32 Å². The second kappa shape index (κ2) is 5.31. The summed E-state index contributed by atoms with van der Waals surface area (Å²) in [7, 11) is 0. The molecule has 1 fully saturated rings. The largest absolute Gasteiger partial charge is 0.446 e. The van der Waals surface area contributed by atoms with Crippen molar-refractivity contribution in [1.82, 2.24) is 5.32 Å². The van der Waals surface area contributed by atoms with E-state index in [2.05, 4.69) is 5.32 Å². The molecule has 1 aromatic rings. The maximum Gasteiger partial charge on any atom is 0.446 e. The zero-order valence-corrected chi connectivity index (χ0v) is 10.1. The summed E-state index contributed by atoms with van der Waals surface area (Å²) in [5.41, 5.74) is -3.17. The summed E-state index contributed by atoms with van der Waals surface area (Å²) >= 11 is -0.0367. The molecule has 1 aliphatic heterocycles. The van der Waals surface area contributed by atoms with E-state index in [4.69, 9.17) is 0 Å². The summed E-state index contributed by atoms with van der Waals surface area (Å²) in [4.78, 5) is 0.286. The second-order valence-electron chi connectivity index (χ2n) is 4.14. The molecular weight excluding hydrogens is 247 g/mol. The van der Waals surface area contributed by atoms with Gasteiger partial charge in [-0.05, 0) is 61.3 Å². The Morgan fingerprint density at radius 1 is 1.18 bits per heavy atom. The maximum absolute atomic E-state index is 12.3. The third-order valence-corrected chi connectivity index (χ3v) is 3.62. The number of hydrogen-bond donors (Lipinski definition) is 1. The Labute approximate surface area is 103 Å². The molecule has 1 aliphatic rings. The van der Waals surface area contributed by atoms with E-state index >= 15 is 0 Å². The number of nitrogens with one attached hydrogen (secondary N) is 1. The average molecular weight is 261 g/mol. The fraction of sp³-hybridized carbons (Fsp3) is 0.500. The zero-order chi connectivity index (χ0) is 12.3. The lowest BCUT2D eigenvalue weighted by Gasteiger charge is -2.23. The minimum Gasteiger partial charge on any atom is -0.317 e. The summed E-state index contributed by atoms with van der Waals surface area (Å²) < 4.78 is 36.8. The molecular formula is C12H14F3NS. The van der Waals surface area contributed by atoms with Gasteiger partial charge in [0.15, 0.2) is 0 Å². The molecule has 0 saturated carbocycles. The fourth-order valence-electron chi connectivity index (χ4n) is 2.12. The lowest BCUT2D eigenvalue weighted by molar-refractivity contribution is -0.0328. The first-order chi connectivity index (χ1) is 8.04. The van der Waals surface area contributed by atoms with Gasteiger partial charge in [-0.25, -0.2) is 0 Å². The van der Waals surface area contributed by atoms with Crippen LogP contribution >= 0.6 is 11.8 Å². The van der Waals surface area contributed by atoms with Crippen LogP contribution in [0, 0.1) is 0 Å². The molecule has 94 valence electrons. The van der Waals surface area contributed by atoms with Gasteiger partial charge in [-0.2, -0.15) is 13.2 Å². The molecule has 1 aromatic carbocycles. The summed E-state index contributed by atoms with van der Waals surface area (Å²) in [6, 6.07) is 6.83. The van der Waals surface area contributed by atoms with Crippen molar-refractivity contribution in [1.29, 1.82) is 0 Å². The highest BCUT2D eigenvalue weighted by molar-refractivity contribution is 8.00. The highest BCUT2D eigenvalue weighted by Gasteiger charge is 2.29. The van der Waals surface area contributed by atoms with Crippen LogP contribution in [0.4, 0.5) is 13.2 Å². The van der Waals surface area contributed by atoms with Crippen molar-refractivity contribution >= 4 is 11.8 Å². The van der Waals surface area contributed by atoms with Crippen LogP contribution in [0.15, 0.2) is 29.2 Å². The molecule has 1 heterocycles. The van der Waals surface area contributed by atoms with Gasteiger partial charge in [0.1, 0.15) is 0 Å². The van der Waals surface area contributed by atoms with E-state index in [0.717, 1.165) is 31.5 Å². The molecule has 0 aromatic heterocycles. The lowest BCUT2D eigenvalue weighted by atomic mass is 9.90. The van der Waals surface area contributed by atoms with Crippen molar-refractivity contribution in [3.05, 3.63) is 29.8 Å². The van der Waals surface area contributed by atoms with E-state index < -0.39 is 5.51 Å². The van der Waals surface area contributed by atoms with Gasteiger partial charge in [-0.15, -0.1) is 0 Å². The number of piperidine rings is 1. The molecule has 1 saturated heterocycles. The molecule has 17 heavy (non-hydrogen) atoms. The lowest BCUT2D eigenvalue weighted by Crippen LogP contribution is -2.26. The van der Waals surface area contributed by atoms with Gasteiger partial charge in [0, 0.05) is 4.90 Å². The molecule has 0 atom stereocenters.